The number of benzene rings is 2. The summed E-state index contributed by atoms with van der Waals surface area (Å²) >= 11 is 6.30. The van der Waals surface area contributed by atoms with Crippen LogP contribution in [0.25, 0.3) is 0 Å². The molecule has 0 bridgehead atoms. The van der Waals surface area contributed by atoms with E-state index >= 15 is 0 Å². The minimum atomic E-state index is -3.90. The first-order valence-corrected chi connectivity index (χ1v) is 8.87. The molecular formula is C13H11Br2FN2O2S. The summed E-state index contributed by atoms with van der Waals surface area (Å²) in [6, 6.07) is 8.73. The Labute approximate surface area is 138 Å². The number of anilines is 1. The van der Waals surface area contributed by atoms with Crippen molar-refractivity contribution in [3.63, 3.8) is 0 Å². The van der Waals surface area contributed by atoms with Crippen LogP contribution in [0.5, 0.6) is 0 Å². The molecule has 0 radical (unpaired) electrons. The molecule has 0 aliphatic heterocycles. The molecule has 112 valence electrons. The lowest BCUT2D eigenvalue weighted by Gasteiger charge is -2.11. The first-order chi connectivity index (χ1) is 9.83. The lowest BCUT2D eigenvalue weighted by Crippen LogP contribution is -2.15. The molecule has 2 aromatic carbocycles. The molecule has 21 heavy (non-hydrogen) atoms. The molecule has 2 rings (SSSR count). The van der Waals surface area contributed by atoms with Crippen LogP contribution in [-0.4, -0.2) is 8.42 Å². The fourth-order valence-electron chi connectivity index (χ4n) is 1.66. The molecule has 0 aliphatic carbocycles. The number of nitrogens with one attached hydrogen (secondary N) is 1. The summed E-state index contributed by atoms with van der Waals surface area (Å²) in [5, 5.41) is 0. The molecule has 3 N–H and O–H groups in total. The van der Waals surface area contributed by atoms with Crippen molar-refractivity contribution in [3.8, 4) is 0 Å². The maximum Gasteiger partial charge on any atom is 0.263 e. The maximum absolute atomic E-state index is 13.7. The first-order valence-electron chi connectivity index (χ1n) is 5.80. The molecule has 0 spiro atoms. The molecule has 0 atom stereocenters. The Hall–Kier alpha value is -0.960. The van der Waals surface area contributed by atoms with E-state index in [1.807, 2.05) is 0 Å². The van der Waals surface area contributed by atoms with Gasteiger partial charge < -0.3 is 5.73 Å². The zero-order valence-corrected chi connectivity index (χ0v) is 14.6. The van der Waals surface area contributed by atoms with Crippen LogP contribution < -0.4 is 10.5 Å². The van der Waals surface area contributed by atoms with E-state index in [0.717, 1.165) is 5.56 Å². The fourth-order valence-corrected chi connectivity index (χ4v) is 4.19. The van der Waals surface area contributed by atoms with E-state index in [-0.39, 0.29) is 10.6 Å². The Morgan fingerprint density at radius 1 is 1.14 bits per heavy atom. The molecule has 8 heteroatoms. The average Bonchev–Trinajstić information content (AvgIpc) is 2.41. The van der Waals surface area contributed by atoms with Crippen LogP contribution in [0, 0.1) is 5.82 Å². The van der Waals surface area contributed by atoms with E-state index < -0.39 is 15.8 Å². The summed E-state index contributed by atoms with van der Waals surface area (Å²) in [5.41, 5.74) is 6.17. The highest BCUT2D eigenvalue weighted by molar-refractivity contribution is 9.10. The second-order valence-corrected chi connectivity index (χ2v) is 7.62. The predicted octanol–water partition coefficient (Wildman–Crippen LogP) is 3.61. The molecule has 0 amide bonds. The number of sulfonamides is 1. The zero-order valence-electron chi connectivity index (χ0n) is 10.6. The highest BCUT2D eigenvalue weighted by Crippen LogP contribution is 2.27. The van der Waals surface area contributed by atoms with Crippen LogP contribution in [-0.2, 0) is 16.6 Å². The maximum atomic E-state index is 13.7. The van der Waals surface area contributed by atoms with Crippen molar-refractivity contribution in [1.82, 2.24) is 0 Å². The van der Waals surface area contributed by atoms with Crippen molar-refractivity contribution < 1.29 is 12.8 Å². The van der Waals surface area contributed by atoms with Crippen molar-refractivity contribution in [2.24, 2.45) is 5.73 Å². The monoisotopic (exact) mass is 436 g/mol. The van der Waals surface area contributed by atoms with Gasteiger partial charge in [-0.05, 0) is 51.8 Å². The SMILES string of the molecule is NCc1ccc(S(=O)(=O)Nc2ccc(Br)cc2F)c(Br)c1. The van der Waals surface area contributed by atoms with Gasteiger partial charge in [0.15, 0.2) is 0 Å². The Kier molecular flexibility index (Phi) is 5.03. The van der Waals surface area contributed by atoms with Crippen molar-refractivity contribution in [1.29, 1.82) is 0 Å². The molecule has 2 aromatic rings. The minimum absolute atomic E-state index is 0.0158. The van der Waals surface area contributed by atoms with Gasteiger partial charge >= 0.3 is 0 Å². The van der Waals surface area contributed by atoms with Crippen molar-refractivity contribution in [3.05, 3.63) is 56.7 Å². The second-order valence-electron chi connectivity index (χ2n) is 4.20. The number of rotatable bonds is 4. The fraction of sp³-hybridized carbons (Fsp3) is 0.0769. The minimum Gasteiger partial charge on any atom is -0.326 e. The van der Waals surface area contributed by atoms with E-state index in [1.165, 1.54) is 18.2 Å². The third kappa shape index (κ3) is 3.82. The zero-order chi connectivity index (χ0) is 15.6. The summed E-state index contributed by atoms with van der Waals surface area (Å²) < 4.78 is 41.5. The van der Waals surface area contributed by atoms with Gasteiger partial charge in [0, 0.05) is 15.5 Å². The van der Waals surface area contributed by atoms with Crippen LogP contribution in [0.3, 0.4) is 0 Å². The summed E-state index contributed by atoms with van der Waals surface area (Å²) in [6.07, 6.45) is 0. The van der Waals surface area contributed by atoms with E-state index in [9.17, 15) is 12.8 Å². The topological polar surface area (TPSA) is 72.2 Å². The Balaban J connectivity index is 2.38. The highest BCUT2D eigenvalue weighted by Gasteiger charge is 2.19. The van der Waals surface area contributed by atoms with Gasteiger partial charge in [0.05, 0.1) is 5.69 Å². The normalized spacial score (nSPS) is 11.4. The van der Waals surface area contributed by atoms with E-state index in [2.05, 4.69) is 36.6 Å². The van der Waals surface area contributed by atoms with E-state index in [4.69, 9.17) is 5.73 Å². The molecule has 0 unspecified atom stereocenters. The lowest BCUT2D eigenvalue weighted by atomic mass is 10.2. The molecule has 0 aromatic heterocycles. The Morgan fingerprint density at radius 2 is 1.86 bits per heavy atom. The van der Waals surface area contributed by atoms with Gasteiger partial charge in [0.1, 0.15) is 10.7 Å². The Morgan fingerprint density at radius 3 is 2.43 bits per heavy atom. The van der Waals surface area contributed by atoms with Gasteiger partial charge in [-0.15, -0.1) is 0 Å². The highest BCUT2D eigenvalue weighted by atomic mass is 79.9. The molecule has 0 aliphatic rings. The smallest absolute Gasteiger partial charge is 0.263 e. The third-order valence-electron chi connectivity index (χ3n) is 2.70. The van der Waals surface area contributed by atoms with Crippen molar-refractivity contribution in [2.45, 2.75) is 11.4 Å². The van der Waals surface area contributed by atoms with E-state index in [1.54, 1.807) is 18.2 Å². The number of nitrogens with two attached hydrogens (primary N) is 1. The molecule has 0 heterocycles. The largest absolute Gasteiger partial charge is 0.326 e. The van der Waals surface area contributed by atoms with Crippen molar-refractivity contribution in [2.75, 3.05) is 4.72 Å². The standard InChI is InChI=1S/C13H11Br2FN2O2S/c14-9-2-3-12(11(16)6-9)18-21(19,20)13-4-1-8(7-17)5-10(13)15/h1-6,18H,7,17H2. The predicted molar refractivity (Wildman–Crippen MR) is 86.9 cm³/mol. The van der Waals surface area contributed by atoms with E-state index in [0.29, 0.717) is 15.5 Å². The summed E-state index contributed by atoms with van der Waals surface area (Å²) in [5.74, 6) is -0.664. The third-order valence-corrected chi connectivity index (χ3v) is 5.53. The number of hydrogen-bond acceptors (Lipinski definition) is 3. The van der Waals surface area contributed by atoms with Crippen molar-refractivity contribution >= 4 is 47.6 Å². The van der Waals surface area contributed by atoms with Crippen LogP contribution in [0.2, 0.25) is 0 Å². The van der Waals surface area contributed by atoms with Crippen LogP contribution >= 0.6 is 31.9 Å². The second kappa shape index (κ2) is 6.43. The summed E-state index contributed by atoms with van der Waals surface area (Å²) in [7, 11) is -3.90. The quantitative estimate of drug-likeness (QED) is 0.767. The van der Waals surface area contributed by atoms with Crippen LogP contribution in [0.1, 0.15) is 5.56 Å². The van der Waals surface area contributed by atoms with Gasteiger partial charge in [-0.1, -0.05) is 22.0 Å². The number of hydrogen-bond donors (Lipinski definition) is 2. The molecule has 0 fully saturated rings. The molecule has 0 saturated heterocycles. The van der Waals surface area contributed by atoms with Crippen LogP contribution in [0.15, 0.2) is 50.2 Å². The van der Waals surface area contributed by atoms with Gasteiger partial charge in [0.25, 0.3) is 10.0 Å². The summed E-state index contributed by atoms with van der Waals surface area (Å²) in [4.78, 5) is 0.0158. The molecule has 0 saturated carbocycles. The molecular weight excluding hydrogens is 427 g/mol. The average molecular weight is 438 g/mol. The lowest BCUT2D eigenvalue weighted by molar-refractivity contribution is 0.598. The summed E-state index contributed by atoms with van der Waals surface area (Å²) in [6.45, 7) is 0.299. The van der Waals surface area contributed by atoms with Gasteiger partial charge in [-0.2, -0.15) is 0 Å². The molecule has 4 nitrogen and oxygen atoms in total. The first kappa shape index (κ1) is 16.4. The van der Waals surface area contributed by atoms with Gasteiger partial charge in [-0.3, -0.25) is 4.72 Å². The number of halogens is 3. The van der Waals surface area contributed by atoms with Gasteiger partial charge in [0.2, 0.25) is 0 Å². The van der Waals surface area contributed by atoms with Gasteiger partial charge in [-0.25, -0.2) is 12.8 Å². The Bertz CT molecular complexity index is 782. The van der Waals surface area contributed by atoms with Crippen LogP contribution in [0.4, 0.5) is 10.1 Å².